The predicted molar refractivity (Wildman–Crippen MR) is 47.4 cm³/mol. The molecule has 1 N–H and O–H groups in total. The molecule has 1 aliphatic rings. The van der Waals surface area contributed by atoms with Crippen molar-refractivity contribution in [3.8, 4) is 0 Å². The van der Waals surface area contributed by atoms with E-state index in [1.54, 1.807) is 0 Å². The van der Waals surface area contributed by atoms with Gasteiger partial charge in [0.05, 0.1) is 5.69 Å². The van der Waals surface area contributed by atoms with Crippen LogP contribution < -0.4 is 5.48 Å². The van der Waals surface area contributed by atoms with E-state index in [0.29, 0.717) is 5.84 Å². The highest BCUT2D eigenvalue weighted by atomic mass is 16.7. The monoisotopic (exact) mass is 176 g/mol. The van der Waals surface area contributed by atoms with Crippen LogP contribution in [0.5, 0.6) is 0 Å². The molecule has 4 nitrogen and oxygen atoms in total. The Morgan fingerprint density at radius 3 is 2.69 bits per heavy atom. The highest BCUT2D eigenvalue weighted by molar-refractivity contribution is 6.02. The third-order valence-electron chi connectivity index (χ3n) is 1.61. The number of hydrogen-bond acceptors (Lipinski definition) is 3. The van der Waals surface area contributed by atoms with Crippen molar-refractivity contribution in [2.75, 3.05) is 0 Å². The maximum atomic E-state index is 10.7. The van der Waals surface area contributed by atoms with E-state index in [2.05, 4.69) is 15.3 Å². The van der Waals surface area contributed by atoms with Crippen LogP contribution in [0.25, 0.3) is 0 Å². The van der Waals surface area contributed by atoms with Crippen molar-refractivity contribution in [2.24, 2.45) is 4.99 Å². The van der Waals surface area contributed by atoms with E-state index < -0.39 is 0 Å². The fraction of sp³-hybridized carbons (Fsp3) is 0.111. The SMILES string of the molecule is O=C1CC(=Nc2ccccc2)NO1. The van der Waals surface area contributed by atoms with E-state index >= 15 is 0 Å². The Balaban J connectivity index is 2.17. The summed E-state index contributed by atoms with van der Waals surface area (Å²) in [6.07, 6.45) is 0.217. The molecule has 1 aliphatic heterocycles. The molecule has 0 spiro atoms. The average Bonchev–Trinajstić information content (AvgIpc) is 2.53. The molecule has 1 fully saturated rings. The number of hydroxylamine groups is 1. The number of hydrogen-bond donors (Lipinski definition) is 1. The molecule has 1 saturated heterocycles. The third kappa shape index (κ3) is 1.84. The van der Waals surface area contributed by atoms with Crippen LogP contribution in [0, 0.1) is 0 Å². The van der Waals surface area contributed by atoms with Gasteiger partial charge in [0, 0.05) is 0 Å². The molecular weight excluding hydrogens is 168 g/mol. The van der Waals surface area contributed by atoms with Crippen molar-refractivity contribution in [2.45, 2.75) is 6.42 Å². The summed E-state index contributed by atoms with van der Waals surface area (Å²) < 4.78 is 0. The van der Waals surface area contributed by atoms with E-state index in [-0.39, 0.29) is 12.4 Å². The first-order valence-corrected chi connectivity index (χ1v) is 3.93. The van der Waals surface area contributed by atoms with Crippen LogP contribution in [-0.4, -0.2) is 11.8 Å². The van der Waals surface area contributed by atoms with Crippen LogP contribution in [0.2, 0.25) is 0 Å². The molecule has 0 unspecified atom stereocenters. The van der Waals surface area contributed by atoms with Crippen LogP contribution >= 0.6 is 0 Å². The number of aliphatic imine (C=N–C) groups is 1. The summed E-state index contributed by atoms with van der Waals surface area (Å²) >= 11 is 0. The summed E-state index contributed by atoms with van der Waals surface area (Å²) in [6, 6.07) is 9.40. The third-order valence-corrected chi connectivity index (χ3v) is 1.61. The highest BCUT2D eigenvalue weighted by Gasteiger charge is 2.17. The Morgan fingerprint density at radius 1 is 1.31 bits per heavy atom. The zero-order valence-corrected chi connectivity index (χ0v) is 6.86. The Kier molecular flexibility index (Phi) is 1.96. The van der Waals surface area contributed by atoms with Gasteiger partial charge in [0.15, 0.2) is 0 Å². The second kappa shape index (κ2) is 3.26. The predicted octanol–water partition coefficient (Wildman–Crippen LogP) is 1.17. The normalized spacial score (nSPS) is 18.5. The number of carbonyl (C=O) groups excluding carboxylic acids is 1. The molecule has 2 rings (SSSR count). The van der Waals surface area contributed by atoms with Crippen LogP contribution in [0.3, 0.4) is 0 Å². The number of rotatable bonds is 1. The van der Waals surface area contributed by atoms with Crippen molar-refractivity contribution in [3.05, 3.63) is 30.3 Å². The Labute approximate surface area is 75.2 Å². The molecular formula is C9H8N2O2. The first kappa shape index (κ1) is 7.79. The minimum atomic E-state index is -0.297. The van der Waals surface area contributed by atoms with Crippen molar-refractivity contribution >= 4 is 17.5 Å². The van der Waals surface area contributed by atoms with Gasteiger partial charge in [-0.2, -0.15) is 0 Å². The van der Waals surface area contributed by atoms with Gasteiger partial charge in [-0.15, -0.1) is 0 Å². The average molecular weight is 176 g/mol. The maximum Gasteiger partial charge on any atom is 0.339 e. The maximum absolute atomic E-state index is 10.7. The summed E-state index contributed by atoms with van der Waals surface area (Å²) in [7, 11) is 0. The standard InChI is InChI=1S/C9H8N2O2/c12-9-6-8(11-13-9)10-7-4-2-1-3-5-7/h1-5H,6H2,(H,10,11). The van der Waals surface area contributed by atoms with E-state index in [9.17, 15) is 4.79 Å². The molecule has 13 heavy (non-hydrogen) atoms. The van der Waals surface area contributed by atoms with E-state index in [1.165, 1.54) is 0 Å². The largest absolute Gasteiger partial charge is 0.342 e. The molecule has 1 heterocycles. The first-order valence-electron chi connectivity index (χ1n) is 3.93. The lowest BCUT2D eigenvalue weighted by atomic mass is 10.3. The molecule has 0 atom stereocenters. The van der Waals surface area contributed by atoms with E-state index in [4.69, 9.17) is 0 Å². The van der Waals surface area contributed by atoms with E-state index in [1.807, 2.05) is 30.3 Å². The number of nitrogens with zero attached hydrogens (tertiary/aromatic N) is 1. The van der Waals surface area contributed by atoms with Crippen LogP contribution in [0.4, 0.5) is 5.69 Å². The number of para-hydroxylation sites is 1. The second-order valence-corrected chi connectivity index (χ2v) is 2.65. The minimum absolute atomic E-state index is 0.217. The number of carbonyl (C=O) groups is 1. The van der Waals surface area contributed by atoms with Crippen molar-refractivity contribution < 1.29 is 9.63 Å². The summed E-state index contributed by atoms with van der Waals surface area (Å²) in [4.78, 5) is 19.4. The van der Waals surface area contributed by atoms with Gasteiger partial charge in [-0.05, 0) is 12.1 Å². The number of amidine groups is 1. The Hall–Kier alpha value is -1.84. The lowest BCUT2D eigenvalue weighted by Gasteiger charge is -1.94. The highest BCUT2D eigenvalue weighted by Crippen LogP contribution is 2.11. The van der Waals surface area contributed by atoms with Gasteiger partial charge in [0.2, 0.25) is 0 Å². The van der Waals surface area contributed by atoms with Gasteiger partial charge in [-0.1, -0.05) is 18.2 Å². The molecule has 4 heteroatoms. The minimum Gasteiger partial charge on any atom is -0.342 e. The van der Waals surface area contributed by atoms with Crippen molar-refractivity contribution in [1.29, 1.82) is 0 Å². The lowest BCUT2D eigenvalue weighted by molar-refractivity contribution is -0.142. The zero-order chi connectivity index (χ0) is 9.10. The molecule has 0 amide bonds. The summed E-state index contributed by atoms with van der Waals surface area (Å²) in [6.45, 7) is 0. The topological polar surface area (TPSA) is 50.7 Å². The first-order chi connectivity index (χ1) is 6.34. The Bertz CT molecular complexity index is 346. The fourth-order valence-electron chi connectivity index (χ4n) is 1.05. The quantitative estimate of drug-likeness (QED) is 0.698. The van der Waals surface area contributed by atoms with Crippen molar-refractivity contribution in [3.63, 3.8) is 0 Å². The number of benzene rings is 1. The molecule has 0 radical (unpaired) electrons. The second-order valence-electron chi connectivity index (χ2n) is 2.65. The van der Waals surface area contributed by atoms with Gasteiger partial charge >= 0.3 is 5.97 Å². The van der Waals surface area contributed by atoms with Crippen LogP contribution in [-0.2, 0) is 9.63 Å². The van der Waals surface area contributed by atoms with Gasteiger partial charge < -0.3 is 4.84 Å². The molecule has 1 aromatic carbocycles. The summed E-state index contributed by atoms with van der Waals surface area (Å²) in [5, 5.41) is 0. The lowest BCUT2D eigenvalue weighted by Crippen LogP contribution is -2.11. The molecule has 1 aromatic rings. The van der Waals surface area contributed by atoms with Crippen LogP contribution in [0.15, 0.2) is 35.3 Å². The van der Waals surface area contributed by atoms with Gasteiger partial charge in [-0.25, -0.2) is 15.3 Å². The molecule has 0 saturated carbocycles. The fourth-order valence-corrected chi connectivity index (χ4v) is 1.05. The van der Waals surface area contributed by atoms with Crippen LogP contribution in [0.1, 0.15) is 6.42 Å². The molecule has 0 aliphatic carbocycles. The summed E-state index contributed by atoms with van der Waals surface area (Å²) in [5.74, 6) is 0.255. The summed E-state index contributed by atoms with van der Waals surface area (Å²) in [5.41, 5.74) is 3.26. The van der Waals surface area contributed by atoms with Gasteiger partial charge in [-0.3, -0.25) is 0 Å². The smallest absolute Gasteiger partial charge is 0.339 e. The van der Waals surface area contributed by atoms with Gasteiger partial charge in [0.25, 0.3) is 0 Å². The van der Waals surface area contributed by atoms with Crippen molar-refractivity contribution in [1.82, 2.24) is 5.48 Å². The Morgan fingerprint density at radius 2 is 2.08 bits per heavy atom. The molecule has 66 valence electrons. The molecule has 0 bridgehead atoms. The van der Waals surface area contributed by atoms with Gasteiger partial charge in [0.1, 0.15) is 12.3 Å². The number of nitrogens with one attached hydrogen (secondary N) is 1. The van der Waals surface area contributed by atoms with E-state index in [0.717, 1.165) is 5.69 Å². The molecule has 0 aromatic heterocycles. The zero-order valence-electron chi connectivity index (χ0n) is 6.86.